The maximum atomic E-state index is 12.7. The molecule has 0 aliphatic carbocycles. The molecule has 2 aliphatic heterocycles. The fourth-order valence-corrected chi connectivity index (χ4v) is 5.06. The molecular weight excluding hydrogens is 344 g/mol. The van der Waals surface area contributed by atoms with Crippen molar-refractivity contribution in [1.29, 1.82) is 0 Å². The van der Waals surface area contributed by atoms with E-state index in [1.807, 2.05) is 30.5 Å². The van der Waals surface area contributed by atoms with E-state index < -0.39 is 0 Å². The lowest BCUT2D eigenvalue weighted by Gasteiger charge is -2.39. The molecule has 5 nitrogen and oxygen atoms in total. The number of carbonyl (C=O) groups is 1. The van der Waals surface area contributed by atoms with Crippen LogP contribution in [0.3, 0.4) is 0 Å². The van der Waals surface area contributed by atoms with E-state index in [4.69, 9.17) is 0 Å². The van der Waals surface area contributed by atoms with Crippen LogP contribution >= 0.6 is 11.8 Å². The zero-order valence-electron chi connectivity index (χ0n) is 15.0. The van der Waals surface area contributed by atoms with Crippen LogP contribution in [0.1, 0.15) is 36.0 Å². The van der Waals surface area contributed by atoms with Crippen molar-refractivity contribution in [1.82, 2.24) is 20.4 Å². The Balaban J connectivity index is 1.32. The largest absolute Gasteiger partial charge is 0.349 e. The monoisotopic (exact) mass is 370 g/mol. The molecule has 0 spiro atoms. The van der Waals surface area contributed by atoms with E-state index in [1.165, 1.54) is 24.3 Å². The lowest BCUT2D eigenvalue weighted by Crippen LogP contribution is -2.48. The first-order valence-corrected chi connectivity index (χ1v) is 10.7. The van der Waals surface area contributed by atoms with E-state index >= 15 is 0 Å². The smallest absolute Gasteiger partial charge is 0.251 e. The molecule has 2 fully saturated rings. The van der Waals surface area contributed by atoms with Crippen LogP contribution in [0.2, 0.25) is 0 Å². The number of hydrogen-bond donors (Lipinski definition) is 2. The van der Waals surface area contributed by atoms with Crippen LogP contribution in [0.15, 0.2) is 36.7 Å². The predicted octanol–water partition coefficient (Wildman–Crippen LogP) is 3.17. The first-order chi connectivity index (χ1) is 12.8. The minimum absolute atomic E-state index is 0.0304. The van der Waals surface area contributed by atoms with Crippen molar-refractivity contribution in [2.75, 3.05) is 24.6 Å². The lowest BCUT2D eigenvalue weighted by atomic mass is 10.00. The second-order valence-electron chi connectivity index (χ2n) is 7.20. The first kappa shape index (κ1) is 17.6. The summed E-state index contributed by atoms with van der Waals surface area (Å²) in [6.07, 6.45) is 8.37. The summed E-state index contributed by atoms with van der Waals surface area (Å²) in [6, 6.07) is 8.81. The van der Waals surface area contributed by atoms with Crippen molar-refractivity contribution < 1.29 is 4.79 Å². The van der Waals surface area contributed by atoms with Crippen LogP contribution in [0.5, 0.6) is 0 Å². The first-order valence-electron chi connectivity index (χ1n) is 9.51. The Morgan fingerprint density at radius 3 is 2.69 bits per heavy atom. The molecule has 2 aliphatic rings. The molecule has 1 amide bonds. The average molecular weight is 371 g/mol. The van der Waals surface area contributed by atoms with Crippen LogP contribution in [-0.4, -0.2) is 57.7 Å². The number of aromatic amines is 1. The summed E-state index contributed by atoms with van der Waals surface area (Å²) in [5.41, 5.74) is 2.73. The molecule has 0 radical (unpaired) electrons. The summed E-state index contributed by atoms with van der Waals surface area (Å²) in [6.45, 7) is 2.21. The van der Waals surface area contributed by atoms with Gasteiger partial charge in [0.1, 0.15) is 0 Å². The van der Waals surface area contributed by atoms with E-state index in [-0.39, 0.29) is 11.9 Å². The normalized spacial score (nSPS) is 20.2. The van der Waals surface area contributed by atoms with E-state index in [0.29, 0.717) is 0 Å². The highest BCUT2D eigenvalue weighted by Crippen LogP contribution is 2.25. The summed E-state index contributed by atoms with van der Waals surface area (Å²) in [5.74, 6) is 2.63. The van der Waals surface area contributed by atoms with Crippen molar-refractivity contribution in [3.63, 3.8) is 0 Å². The van der Waals surface area contributed by atoms with Gasteiger partial charge in [-0.2, -0.15) is 16.9 Å². The van der Waals surface area contributed by atoms with Crippen molar-refractivity contribution in [3.05, 3.63) is 42.2 Å². The fourth-order valence-electron chi connectivity index (χ4n) is 3.98. The number of thioether (sulfide) groups is 1. The van der Waals surface area contributed by atoms with Crippen molar-refractivity contribution in [2.45, 2.75) is 37.8 Å². The maximum absolute atomic E-state index is 12.7. The Morgan fingerprint density at radius 2 is 1.96 bits per heavy atom. The van der Waals surface area contributed by atoms with E-state index in [9.17, 15) is 4.79 Å². The minimum atomic E-state index is 0.0304. The average Bonchev–Trinajstić information content (AvgIpc) is 3.24. The standard InChI is InChI=1S/C20H26N4OS/c25-20(16-3-1-2-15(12-16)17-13-21-22-14-17)23-18-4-8-24(9-5-18)19-6-10-26-11-7-19/h1-3,12-14,18-19H,4-11H2,(H,21,22)(H,23,25). The third-order valence-corrected chi connectivity index (χ3v) is 6.58. The molecule has 2 aromatic rings. The van der Waals surface area contributed by atoms with Crippen LogP contribution in [0, 0.1) is 0 Å². The summed E-state index contributed by atoms with van der Waals surface area (Å²) in [4.78, 5) is 15.3. The van der Waals surface area contributed by atoms with Gasteiger partial charge in [0.15, 0.2) is 0 Å². The van der Waals surface area contributed by atoms with Crippen LogP contribution < -0.4 is 5.32 Å². The van der Waals surface area contributed by atoms with Gasteiger partial charge in [0.2, 0.25) is 0 Å². The molecule has 0 atom stereocenters. The molecule has 3 heterocycles. The van der Waals surface area contributed by atoms with Gasteiger partial charge in [-0.25, -0.2) is 0 Å². The number of likely N-dealkylation sites (tertiary alicyclic amines) is 1. The molecule has 1 aromatic heterocycles. The summed E-state index contributed by atoms with van der Waals surface area (Å²) in [5, 5.41) is 10.0. The van der Waals surface area contributed by atoms with Crippen LogP contribution in [-0.2, 0) is 0 Å². The molecule has 0 bridgehead atoms. The Kier molecular flexibility index (Phi) is 5.60. The fraction of sp³-hybridized carbons (Fsp3) is 0.500. The van der Waals surface area contributed by atoms with Gasteiger partial charge in [0, 0.05) is 42.5 Å². The Bertz CT molecular complexity index is 719. The zero-order chi connectivity index (χ0) is 17.8. The molecule has 2 N–H and O–H groups in total. The summed E-state index contributed by atoms with van der Waals surface area (Å²) < 4.78 is 0. The number of nitrogens with one attached hydrogen (secondary N) is 2. The maximum Gasteiger partial charge on any atom is 0.251 e. The molecule has 0 saturated carbocycles. The third kappa shape index (κ3) is 4.13. The topological polar surface area (TPSA) is 61.0 Å². The van der Waals surface area contributed by atoms with Crippen molar-refractivity contribution >= 4 is 17.7 Å². The molecule has 26 heavy (non-hydrogen) atoms. The number of H-pyrrole nitrogens is 1. The highest BCUT2D eigenvalue weighted by Gasteiger charge is 2.27. The van der Waals surface area contributed by atoms with E-state index in [0.717, 1.165) is 48.7 Å². The quantitative estimate of drug-likeness (QED) is 0.868. The van der Waals surface area contributed by atoms with Gasteiger partial charge >= 0.3 is 0 Å². The van der Waals surface area contributed by atoms with Gasteiger partial charge in [0.25, 0.3) is 5.91 Å². The lowest BCUT2D eigenvalue weighted by molar-refractivity contribution is 0.0886. The van der Waals surface area contributed by atoms with E-state index in [2.05, 4.69) is 32.2 Å². The number of amides is 1. The molecule has 0 unspecified atom stereocenters. The molecular formula is C20H26N4OS. The van der Waals surface area contributed by atoms with Crippen LogP contribution in [0.4, 0.5) is 0 Å². The van der Waals surface area contributed by atoms with Gasteiger partial charge in [0.05, 0.1) is 6.20 Å². The predicted molar refractivity (Wildman–Crippen MR) is 106 cm³/mol. The second kappa shape index (κ2) is 8.27. The van der Waals surface area contributed by atoms with Crippen molar-refractivity contribution in [3.8, 4) is 11.1 Å². The Labute approximate surface area is 158 Å². The number of hydrogen-bond acceptors (Lipinski definition) is 4. The summed E-state index contributed by atoms with van der Waals surface area (Å²) >= 11 is 2.08. The number of piperidine rings is 1. The zero-order valence-corrected chi connectivity index (χ0v) is 15.8. The highest BCUT2D eigenvalue weighted by molar-refractivity contribution is 7.99. The van der Waals surface area contributed by atoms with Gasteiger partial charge in [-0.3, -0.25) is 9.89 Å². The van der Waals surface area contributed by atoms with Crippen LogP contribution in [0.25, 0.3) is 11.1 Å². The SMILES string of the molecule is O=C(NC1CCN(C2CCSCC2)CC1)c1cccc(-c2cn[nH]c2)c1. The number of rotatable bonds is 4. The Morgan fingerprint density at radius 1 is 1.15 bits per heavy atom. The molecule has 6 heteroatoms. The number of carbonyl (C=O) groups excluding carboxylic acids is 1. The minimum Gasteiger partial charge on any atom is -0.349 e. The number of aromatic nitrogens is 2. The molecule has 138 valence electrons. The summed E-state index contributed by atoms with van der Waals surface area (Å²) in [7, 11) is 0. The molecule has 1 aromatic carbocycles. The molecule has 4 rings (SSSR count). The van der Waals surface area contributed by atoms with Crippen molar-refractivity contribution in [2.24, 2.45) is 0 Å². The van der Waals surface area contributed by atoms with Gasteiger partial charge in [-0.05, 0) is 54.9 Å². The Hall–Kier alpha value is -1.79. The molecule has 2 saturated heterocycles. The number of nitrogens with zero attached hydrogens (tertiary/aromatic N) is 2. The number of benzene rings is 1. The van der Waals surface area contributed by atoms with Gasteiger partial charge in [-0.1, -0.05) is 12.1 Å². The van der Waals surface area contributed by atoms with Gasteiger partial charge in [-0.15, -0.1) is 0 Å². The third-order valence-electron chi connectivity index (χ3n) is 5.53. The van der Waals surface area contributed by atoms with E-state index in [1.54, 1.807) is 6.20 Å². The highest BCUT2D eigenvalue weighted by atomic mass is 32.2. The second-order valence-corrected chi connectivity index (χ2v) is 8.42. The van der Waals surface area contributed by atoms with Gasteiger partial charge < -0.3 is 10.2 Å².